The summed E-state index contributed by atoms with van der Waals surface area (Å²) in [5, 5.41) is 27.0. The van der Waals surface area contributed by atoms with Gasteiger partial charge in [-0.15, -0.1) is 0 Å². The highest BCUT2D eigenvalue weighted by Gasteiger charge is 2.29. The van der Waals surface area contributed by atoms with E-state index in [1.807, 2.05) is 12.1 Å². The first kappa shape index (κ1) is 27.7. The molecule has 202 valence electrons. The van der Waals surface area contributed by atoms with Crippen LogP contribution in [0, 0.1) is 5.21 Å². The molecule has 0 aliphatic carbocycles. The van der Waals surface area contributed by atoms with Crippen LogP contribution in [0.25, 0.3) is 11.3 Å². The van der Waals surface area contributed by atoms with E-state index in [4.69, 9.17) is 39.1 Å². The van der Waals surface area contributed by atoms with E-state index in [0.29, 0.717) is 64.8 Å². The van der Waals surface area contributed by atoms with Crippen LogP contribution in [0.5, 0.6) is 0 Å². The second-order valence-corrected chi connectivity index (χ2v) is 9.87. The van der Waals surface area contributed by atoms with Crippen molar-refractivity contribution in [1.29, 1.82) is 0 Å². The number of rotatable bonds is 9. The zero-order valence-electron chi connectivity index (χ0n) is 21.0. The summed E-state index contributed by atoms with van der Waals surface area (Å²) in [6.45, 7) is 6.73. The standard InChI is InChI=1S/C25H29Cl2N8O3/c1-15(2)33-11-12-34(23(36)14-33)19-5-7-21(31-24(19)17-4-3-16(26)13-18(17)27)29-9-10-30-22-8-6-20(35(37)38)25(28)32-22/h3-8,13,15,37H,9-12,14H2,1-2H3,(H,29,31)(H3,28,30,32)/q-1. The van der Waals surface area contributed by atoms with Gasteiger partial charge in [-0.3, -0.25) is 14.9 Å². The fraction of sp³-hybridized carbons (Fsp3) is 0.320. The first-order valence-corrected chi connectivity index (χ1v) is 12.8. The number of nitrogens with two attached hydrogens (primary N) is 1. The molecule has 1 fully saturated rings. The van der Waals surface area contributed by atoms with Crippen LogP contribution in [-0.4, -0.2) is 64.7 Å². The van der Waals surface area contributed by atoms with Gasteiger partial charge in [0.2, 0.25) is 5.91 Å². The minimum absolute atomic E-state index is 0.00193. The highest BCUT2D eigenvalue weighted by Crippen LogP contribution is 2.37. The number of nitrogens with one attached hydrogen (secondary N) is 2. The molecular weight excluding hydrogens is 531 g/mol. The lowest BCUT2D eigenvalue weighted by atomic mass is 10.1. The van der Waals surface area contributed by atoms with Gasteiger partial charge >= 0.3 is 0 Å². The lowest BCUT2D eigenvalue weighted by Gasteiger charge is -2.37. The van der Waals surface area contributed by atoms with Crippen molar-refractivity contribution in [3.63, 3.8) is 0 Å². The van der Waals surface area contributed by atoms with E-state index in [-0.39, 0.29) is 28.7 Å². The Morgan fingerprint density at radius 2 is 1.76 bits per heavy atom. The van der Waals surface area contributed by atoms with Crippen LogP contribution < -0.4 is 26.5 Å². The Labute approximate surface area is 230 Å². The molecular formula is C25H29Cl2N8O3-. The molecule has 1 aromatic carbocycles. The zero-order valence-corrected chi connectivity index (χ0v) is 22.5. The Kier molecular flexibility index (Phi) is 8.75. The van der Waals surface area contributed by atoms with Crippen LogP contribution in [0.1, 0.15) is 13.8 Å². The molecule has 3 aromatic rings. The second-order valence-electron chi connectivity index (χ2n) is 9.03. The van der Waals surface area contributed by atoms with Gasteiger partial charge in [-0.05, 0) is 56.3 Å². The van der Waals surface area contributed by atoms with Crippen molar-refractivity contribution in [3.8, 4) is 11.3 Å². The highest BCUT2D eigenvalue weighted by molar-refractivity contribution is 6.36. The third-order valence-corrected chi connectivity index (χ3v) is 6.73. The molecule has 4 rings (SSSR count). The van der Waals surface area contributed by atoms with Gasteiger partial charge in [0.15, 0.2) is 5.82 Å². The van der Waals surface area contributed by atoms with E-state index >= 15 is 0 Å². The molecule has 3 heterocycles. The number of benzene rings is 1. The van der Waals surface area contributed by atoms with Gasteiger partial charge in [-0.1, -0.05) is 23.2 Å². The molecule has 11 nitrogen and oxygen atoms in total. The lowest BCUT2D eigenvalue weighted by Crippen LogP contribution is -2.52. The van der Waals surface area contributed by atoms with Crippen LogP contribution in [0.4, 0.5) is 28.8 Å². The number of carbonyl (C=O) groups is 1. The SMILES string of the molecule is CC(C)N1CCN(c2ccc(NCCNc3ccc(N([O-])O)c(N)n3)nc2-c2ccc(Cl)cc2Cl)C(=O)C1. The molecule has 13 heteroatoms. The maximum Gasteiger partial charge on any atom is 0.241 e. The van der Waals surface area contributed by atoms with Crippen molar-refractivity contribution in [2.75, 3.05) is 59.2 Å². The van der Waals surface area contributed by atoms with E-state index in [2.05, 4.69) is 34.4 Å². The summed E-state index contributed by atoms with van der Waals surface area (Å²) in [5.41, 5.74) is 7.49. The molecule has 0 bridgehead atoms. The number of hydrogen-bond donors (Lipinski definition) is 4. The third-order valence-electron chi connectivity index (χ3n) is 6.18. The molecule has 0 atom stereocenters. The molecule has 2 aromatic heterocycles. The van der Waals surface area contributed by atoms with E-state index in [1.54, 1.807) is 23.1 Å². The summed E-state index contributed by atoms with van der Waals surface area (Å²) in [4.78, 5) is 25.8. The molecule has 1 aliphatic heterocycles. The average molecular weight is 560 g/mol. The van der Waals surface area contributed by atoms with Crippen molar-refractivity contribution < 1.29 is 10.0 Å². The summed E-state index contributed by atoms with van der Waals surface area (Å²) in [6.07, 6.45) is 0. The molecule has 0 saturated carbocycles. The third kappa shape index (κ3) is 6.37. The first-order chi connectivity index (χ1) is 18.1. The molecule has 38 heavy (non-hydrogen) atoms. The summed E-state index contributed by atoms with van der Waals surface area (Å²) in [7, 11) is 0. The fourth-order valence-corrected chi connectivity index (χ4v) is 4.64. The number of aromatic nitrogens is 2. The van der Waals surface area contributed by atoms with Gasteiger partial charge in [0.1, 0.15) is 11.6 Å². The Morgan fingerprint density at radius 1 is 1.08 bits per heavy atom. The molecule has 1 amide bonds. The van der Waals surface area contributed by atoms with Gasteiger partial charge in [0.05, 0.1) is 28.6 Å². The quantitative estimate of drug-likeness (QED) is 0.221. The minimum atomic E-state index is -0.328. The number of nitrogens with zero attached hydrogens (tertiary/aromatic N) is 5. The van der Waals surface area contributed by atoms with Crippen LogP contribution in [-0.2, 0) is 4.79 Å². The fourth-order valence-electron chi connectivity index (χ4n) is 4.14. The normalized spacial score (nSPS) is 14.2. The summed E-state index contributed by atoms with van der Waals surface area (Å²) < 4.78 is 0. The van der Waals surface area contributed by atoms with Gasteiger partial charge in [0.25, 0.3) is 0 Å². The van der Waals surface area contributed by atoms with Crippen molar-refractivity contribution >= 4 is 57.9 Å². The Hall–Kier alpha value is -3.35. The van der Waals surface area contributed by atoms with Gasteiger partial charge in [0, 0.05) is 42.8 Å². The monoisotopic (exact) mass is 559 g/mol. The van der Waals surface area contributed by atoms with Crippen molar-refractivity contribution in [2.24, 2.45) is 0 Å². The largest absolute Gasteiger partial charge is 0.733 e. The summed E-state index contributed by atoms with van der Waals surface area (Å²) >= 11 is 12.7. The van der Waals surface area contributed by atoms with E-state index in [1.165, 1.54) is 12.1 Å². The number of halogens is 2. The average Bonchev–Trinajstić information content (AvgIpc) is 2.86. The van der Waals surface area contributed by atoms with Gasteiger partial charge in [-0.2, -0.15) is 0 Å². The van der Waals surface area contributed by atoms with Gasteiger partial charge < -0.3 is 31.7 Å². The number of nitrogen functional groups attached to an aromatic ring is 1. The number of piperazine rings is 1. The summed E-state index contributed by atoms with van der Waals surface area (Å²) in [6, 6.07) is 12.1. The van der Waals surface area contributed by atoms with Crippen LogP contribution in [0.2, 0.25) is 10.0 Å². The molecule has 5 N–H and O–H groups in total. The Morgan fingerprint density at radius 3 is 2.37 bits per heavy atom. The molecule has 0 unspecified atom stereocenters. The number of carbonyl (C=O) groups excluding carboxylic acids is 1. The maximum atomic E-state index is 13.1. The van der Waals surface area contributed by atoms with E-state index in [9.17, 15) is 10.0 Å². The lowest BCUT2D eigenvalue weighted by molar-refractivity contribution is -0.121. The Bertz CT molecular complexity index is 1310. The topological polar surface area (TPSA) is 146 Å². The van der Waals surface area contributed by atoms with Gasteiger partial charge in [-0.25, -0.2) is 9.97 Å². The Balaban J connectivity index is 1.51. The van der Waals surface area contributed by atoms with Crippen LogP contribution in [0.15, 0.2) is 42.5 Å². The van der Waals surface area contributed by atoms with Crippen LogP contribution >= 0.6 is 23.2 Å². The number of anilines is 5. The summed E-state index contributed by atoms with van der Waals surface area (Å²) in [5.74, 6) is 0.953. The molecule has 1 aliphatic rings. The van der Waals surface area contributed by atoms with Crippen molar-refractivity contribution in [3.05, 3.63) is 57.7 Å². The second kappa shape index (κ2) is 12.0. The van der Waals surface area contributed by atoms with E-state index in [0.717, 1.165) is 6.54 Å². The molecule has 0 radical (unpaired) electrons. The number of pyridine rings is 2. The molecule has 1 saturated heterocycles. The number of amides is 1. The smallest absolute Gasteiger partial charge is 0.241 e. The molecule has 0 spiro atoms. The highest BCUT2D eigenvalue weighted by atomic mass is 35.5. The van der Waals surface area contributed by atoms with Crippen molar-refractivity contribution in [1.82, 2.24) is 14.9 Å². The minimum Gasteiger partial charge on any atom is -0.733 e. The predicted octanol–water partition coefficient (Wildman–Crippen LogP) is 4.31. The predicted molar refractivity (Wildman–Crippen MR) is 152 cm³/mol. The van der Waals surface area contributed by atoms with Crippen molar-refractivity contribution in [2.45, 2.75) is 19.9 Å². The number of hydrogen-bond acceptors (Lipinski definition) is 10. The first-order valence-electron chi connectivity index (χ1n) is 12.1. The van der Waals surface area contributed by atoms with E-state index < -0.39 is 0 Å². The maximum absolute atomic E-state index is 13.1. The zero-order chi connectivity index (χ0) is 27.4. The van der Waals surface area contributed by atoms with Crippen LogP contribution in [0.3, 0.4) is 0 Å².